The summed E-state index contributed by atoms with van der Waals surface area (Å²) in [6.07, 6.45) is 5.14. The van der Waals surface area contributed by atoms with E-state index in [4.69, 9.17) is 22.7 Å². The SMILES string of the molecule is CCC(CCNC(=O)CSC1CCCCO1)C(N)=S. The van der Waals surface area contributed by atoms with Crippen LogP contribution in [0.15, 0.2) is 0 Å². The Morgan fingerprint density at radius 2 is 2.37 bits per heavy atom. The van der Waals surface area contributed by atoms with Crippen molar-refractivity contribution in [2.75, 3.05) is 18.9 Å². The normalized spacial score (nSPS) is 20.8. The minimum Gasteiger partial charge on any atom is -0.393 e. The van der Waals surface area contributed by atoms with E-state index in [2.05, 4.69) is 12.2 Å². The van der Waals surface area contributed by atoms with Gasteiger partial charge in [0, 0.05) is 19.1 Å². The number of ether oxygens (including phenoxy) is 1. The molecule has 1 aliphatic heterocycles. The Balaban J connectivity index is 2.08. The molecule has 1 aliphatic rings. The lowest BCUT2D eigenvalue weighted by Gasteiger charge is -2.21. The van der Waals surface area contributed by atoms with Gasteiger partial charge in [-0.15, -0.1) is 11.8 Å². The predicted molar refractivity (Wildman–Crippen MR) is 84.2 cm³/mol. The Labute approximate surface area is 125 Å². The van der Waals surface area contributed by atoms with Crippen molar-refractivity contribution in [2.45, 2.75) is 44.5 Å². The van der Waals surface area contributed by atoms with Gasteiger partial charge in [-0.2, -0.15) is 0 Å². The molecule has 4 nitrogen and oxygen atoms in total. The van der Waals surface area contributed by atoms with Gasteiger partial charge in [0.1, 0.15) is 5.44 Å². The summed E-state index contributed by atoms with van der Waals surface area (Å²) in [5, 5.41) is 2.91. The lowest BCUT2D eigenvalue weighted by Crippen LogP contribution is -2.31. The molecule has 110 valence electrons. The van der Waals surface area contributed by atoms with Gasteiger partial charge in [-0.25, -0.2) is 0 Å². The van der Waals surface area contributed by atoms with Crippen molar-refractivity contribution in [2.24, 2.45) is 11.7 Å². The second kappa shape index (κ2) is 9.55. The highest BCUT2D eigenvalue weighted by molar-refractivity contribution is 8.00. The minimum atomic E-state index is 0.0666. The van der Waals surface area contributed by atoms with Crippen LogP contribution in [0.3, 0.4) is 0 Å². The molecule has 1 saturated heterocycles. The van der Waals surface area contributed by atoms with Crippen LogP contribution in [0.4, 0.5) is 0 Å². The quantitative estimate of drug-likeness (QED) is 0.672. The van der Waals surface area contributed by atoms with E-state index in [-0.39, 0.29) is 17.3 Å². The zero-order valence-electron chi connectivity index (χ0n) is 11.5. The topological polar surface area (TPSA) is 64.3 Å². The Hall–Kier alpha value is -0.330. The van der Waals surface area contributed by atoms with Crippen molar-refractivity contribution in [3.63, 3.8) is 0 Å². The first-order valence-corrected chi connectivity index (χ1v) is 8.38. The maximum absolute atomic E-state index is 11.7. The highest BCUT2D eigenvalue weighted by atomic mass is 32.2. The number of amides is 1. The molecule has 0 radical (unpaired) electrons. The van der Waals surface area contributed by atoms with Gasteiger partial charge in [-0.3, -0.25) is 4.79 Å². The minimum absolute atomic E-state index is 0.0666. The Morgan fingerprint density at radius 1 is 1.58 bits per heavy atom. The van der Waals surface area contributed by atoms with Crippen LogP contribution >= 0.6 is 24.0 Å². The fraction of sp³-hybridized carbons (Fsp3) is 0.846. The van der Waals surface area contributed by atoms with E-state index in [1.807, 2.05) is 0 Å². The number of nitrogens with one attached hydrogen (secondary N) is 1. The van der Waals surface area contributed by atoms with Crippen molar-refractivity contribution in [3.8, 4) is 0 Å². The molecular formula is C13H24N2O2S2. The molecule has 2 unspecified atom stereocenters. The van der Waals surface area contributed by atoms with E-state index >= 15 is 0 Å². The average Bonchev–Trinajstić information content (AvgIpc) is 2.42. The molecule has 0 aromatic carbocycles. The van der Waals surface area contributed by atoms with Crippen LogP contribution in [0.2, 0.25) is 0 Å². The molecule has 0 spiro atoms. The van der Waals surface area contributed by atoms with Crippen molar-refractivity contribution < 1.29 is 9.53 Å². The lowest BCUT2D eigenvalue weighted by molar-refractivity contribution is -0.118. The van der Waals surface area contributed by atoms with Crippen molar-refractivity contribution in [1.82, 2.24) is 5.32 Å². The van der Waals surface area contributed by atoms with E-state index in [0.29, 0.717) is 17.3 Å². The molecule has 6 heteroatoms. The fourth-order valence-electron chi connectivity index (χ4n) is 2.00. The van der Waals surface area contributed by atoms with Gasteiger partial charge in [0.25, 0.3) is 0 Å². The molecule has 2 atom stereocenters. The molecule has 0 bridgehead atoms. The second-order valence-corrected chi connectivity index (χ2v) is 6.37. The van der Waals surface area contributed by atoms with Gasteiger partial charge in [0.05, 0.1) is 10.7 Å². The summed E-state index contributed by atoms with van der Waals surface area (Å²) in [6, 6.07) is 0. The smallest absolute Gasteiger partial charge is 0.230 e. The Bertz CT molecular complexity index is 294. The molecule has 1 rings (SSSR count). The number of rotatable bonds is 8. The van der Waals surface area contributed by atoms with Crippen LogP contribution in [0.1, 0.15) is 39.0 Å². The lowest BCUT2D eigenvalue weighted by atomic mass is 10.0. The number of thioether (sulfide) groups is 1. The molecule has 0 aromatic rings. The van der Waals surface area contributed by atoms with Gasteiger partial charge >= 0.3 is 0 Å². The van der Waals surface area contributed by atoms with Gasteiger partial charge in [0.15, 0.2) is 0 Å². The maximum Gasteiger partial charge on any atom is 0.230 e. The van der Waals surface area contributed by atoms with Crippen molar-refractivity contribution >= 4 is 34.9 Å². The fourth-order valence-corrected chi connectivity index (χ4v) is 3.25. The molecule has 1 heterocycles. The zero-order chi connectivity index (χ0) is 14.1. The Morgan fingerprint density at radius 3 is 2.95 bits per heavy atom. The third-order valence-corrected chi connectivity index (χ3v) is 4.75. The molecule has 1 fully saturated rings. The van der Waals surface area contributed by atoms with Gasteiger partial charge < -0.3 is 15.8 Å². The average molecular weight is 304 g/mol. The van der Waals surface area contributed by atoms with E-state index in [9.17, 15) is 4.79 Å². The van der Waals surface area contributed by atoms with Crippen LogP contribution in [0.25, 0.3) is 0 Å². The number of nitrogens with two attached hydrogens (primary N) is 1. The van der Waals surface area contributed by atoms with E-state index in [1.165, 1.54) is 6.42 Å². The molecule has 1 amide bonds. The summed E-state index contributed by atoms with van der Waals surface area (Å²) in [6.45, 7) is 3.52. The molecular weight excluding hydrogens is 280 g/mol. The van der Waals surface area contributed by atoms with E-state index in [0.717, 1.165) is 32.3 Å². The van der Waals surface area contributed by atoms with Crippen molar-refractivity contribution in [3.05, 3.63) is 0 Å². The summed E-state index contributed by atoms with van der Waals surface area (Å²) in [7, 11) is 0. The zero-order valence-corrected chi connectivity index (χ0v) is 13.2. The first-order valence-electron chi connectivity index (χ1n) is 6.92. The summed E-state index contributed by atoms with van der Waals surface area (Å²) >= 11 is 6.57. The number of hydrogen-bond acceptors (Lipinski definition) is 4. The largest absolute Gasteiger partial charge is 0.393 e. The first-order chi connectivity index (χ1) is 9.13. The van der Waals surface area contributed by atoms with E-state index < -0.39 is 0 Å². The monoisotopic (exact) mass is 304 g/mol. The first kappa shape index (κ1) is 16.7. The standard InChI is InChI=1S/C13H24N2O2S2/c1-2-10(13(14)18)6-7-15-11(16)9-19-12-5-3-4-8-17-12/h10,12H,2-9H2,1H3,(H2,14,18)(H,15,16). The van der Waals surface area contributed by atoms with Crippen LogP contribution in [0.5, 0.6) is 0 Å². The third-order valence-electron chi connectivity index (χ3n) is 3.25. The molecule has 19 heavy (non-hydrogen) atoms. The molecule has 3 N–H and O–H groups in total. The predicted octanol–water partition coefficient (Wildman–Crippen LogP) is 2.06. The molecule has 0 saturated carbocycles. The van der Waals surface area contributed by atoms with Crippen LogP contribution in [0, 0.1) is 5.92 Å². The van der Waals surface area contributed by atoms with Crippen molar-refractivity contribution in [1.29, 1.82) is 0 Å². The number of thiocarbonyl (C=S) groups is 1. The molecule has 0 aromatic heterocycles. The summed E-state index contributed by atoms with van der Waals surface area (Å²) in [5.74, 6) is 0.760. The Kier molecular flexibility index (Phi) is 8.41. The van der Waals surface area contributed by atoms with Crippen LogP contribution in [-0.2, 0) is 9.53 Å². The maximum atomic E-state index is 11.7. The van der Waals surface area contributed by atoms with Gasteiger partial charge in [-0.1, -0.05) is 19.1 Å². The summed E-state index contributed by atoms with van der Waals surface area (Å²) in [5.41, 5.74) is 5.81. The number of hydrogen-bond donors (Lipinski definition) is 2. The summed E-state index contributed by atoms with van der Waals surface area (Å²) < 4.78 is 5.57. The van der Waals surface area contributed by atoms with Gasteiger partial charge in [-0.05, 0) is 32.1 Å². The second-order valence-electron chi connectivity index (χ2n) is 4.75. The number of carbonyl (C=O) groups is 1. The number of carbonyl (C=O) groups excluding carboxylic acids is 1. The highest BCUT2D eigenvalue weighted by Gasteiger charge is 2.16. The van der Waals surface area contributed by atoms with Gasteiger partial charge in [0.2, 0.25) is 5.91 Å². The summed E-state index contributed by atoms with van der Waals surface area (Å²) in [4.78, 5) is 12.2. The highest BCUT2D eigenvalue weighted by Crippen LogP contribution is 2.22. The third kappa shape index (κ3) is 7.13. The van der Waals surface area contributed by atoms with Crippen LogP contribution in [-0.4, -0.2) is 35.2 Å². The van der Waals surface area contributed by atoms with E-state index in [1.54, 1.807) is 11.8 Å². The van der Waals surface area contributed by atoms with Crippen LogP contribution < -0.4 is 11.1 Å². The molecule has 0 aliphatic carbocycles.